The molecule has 2 rings (SSSR count). The molecule has 0 aromatic heterocycles. The van der Waals surface area contributed by atoms with Crippen LogP contribution in [0.15, 0.2) is 12.1 Å². The van der Waals surface area contributed by atoms with Crippen LogP contribution in [0.1, 0.15) is 30.4 Å². The summed E-state index contributed by atoms with van der Waals surface area (Å²) in [6.45, 7) is 8.96. The van der Waals surface area contributed by atoms with Gasteiger partial charge in [-0.3, -0.25) is 0 Å². The monoisotopic (exact) mass is 266 g/mol. The van der Waals surface area contributed by atoms with Crippen molar-refractivity contribution in [1.82, 2.24) is 4.90 Å². The molecule has 1 aromatic rings. The van der Waals surface area contributed by atoms with E-state index in [-0.39, 0.29) is 0 Å². The lowest BCUT2D eigenvalue weighted by Gasteiger charge is -2.16. The van der Waals surface area contributed by atoms with Crippen molar-refractivity contribution in [2.75, 3.05) is 31.5 Å². The third-order valence-corrected chi connectivity index (χ3v) is 3.88. The standard InChI is InChI=1S/C15H23ClN2/c1-12-10-13(2)15(14(16)11-12)17-6-5-9-18-7-3-4-8-18/h10-11,17H,3-9H2,1-2H3. The maximum Gasteiger partial charge on any atom is 0.0642 e. The van der Waals surface area contributed by atoms with Gasteiger partial charge in [-0.1, -0.05) is 17.7 Å². The van der Waals surface area contributed by atoms with Crippen LogP contribution in [0.4, 0.5) is 5.69 Å². The summed E-state index contributed by atoms with van der Waals surface area (Å²) in [7, 11) is 0. The summed E-state index contributed by atoms with van der Waals surface area (Å²) < 4.78 is 0. The number of halogens is 1. The van der Waals surface area contributed by atoms with Crippen molar-refractivity contribution >= 4 is 17.3 Å². The number of anilines is 1. The zero-order valence-electron chi connectivity index (χ0n) is 11.4. The summed E-state index contributed by atoms with van der Waals surface area (Å²) >= 11 is 6.27. The molecule has 0 saturated carbocycles. The number of nitrogens with zero attached hydrogens (tertiary/aromatic N) is 1. The van der Waals surface area contributed by atoms with Gasteiger partial charge < -0.3 is 10.2 Å². The Bertz CT molecular complexity index is 374. The lowest BCUT2D eigenvalue weighted by atomic mass is 10.1. The molecule has 100 valence electrons. The highest BCUT2D eigenvalue weighted by atomic mass is 35.5. The molecule has 0 bridgehead atoms. The van der Waals surface area contributed by atoms with Crippen molar-refractivity contribution in [2.24, 2.45) is 0 Å². The average molecular weight is 267 g/mol. The minimum Gasteiger partial charge on any atom is -0.384 e. The van der Waals surface area contributed by atoms with E-state index in [1.54, 1.807) is 0 Å². The van der Waals surface area contributed by atoms with Crippen LogP contribution in [-0.4, -0.2) is 31.1 Å². The van der Waals surface area contributed by atoms with Gasteiger partial charge >= 0.3 is 0 Å². The quantitative estimate of drug-likeness (QED) is 0.815. The Morgan fingerprint density at radius 2 is 1.94 bits per heavy atom. The Morgan fingerprint density at radius 1 is 1.22 bits per heavy atom. The normalized spacial score (nSPS) is 16.2. The second-order valence-electron chi connectivity index (χ2n) is 5.27. The zero-order chi connectivity index (χ0) is 13.0. The van der Waals surface area contributed by atoms with Crippen LogP contribution in [0.2, 0.25) is 5.02 Å². The molecule has 1 saturated heterocycles. The molecule has 0 spiro atoms. The zero-order valence-corrected chi connectivity index (χ0v) is 12.2. The largest absolute Gasteiger partial charge is 0.384 e. The van der Waals surface area contributed by atoms with Crippen LogP contribution in [-0.2, 0) is 0 Å². The molecule has 0 amide bonds. The predicted molar refractivity (Wildman–Crippen MR) is 79.7 cm³/mol. The molecule has 1 fully saturated rings. The molecule has 1 N–H and O–H groups in total. The van der Waals surface area contributed by atoms with Gasteiger partial charge in [0, 0.05) is 6.54 Å². The third-order valence-electron chi connectivity index (χ3n) is 3.58. The first-order valence-electron chi connectivity index (χ1n) is 6.90. The number of nitrogens with one attached hydrogen (secondary N) is 1. The van der Waals surface area contributed by atoms with Crippen LogP contribution >= 0.6 is 11.6 Å². The molecule has 18 heavy (non-hydrogen) atoms. The van der Waals surface area contributed by atoms with Crippen LogP contribution in [0.5, 0.6) is 0 Å². The van der Waals surface area contributed by atoms with Gasteiger partial charge in [-0.15, -0.1) is 0 Å². The molecule has 0 radical (unpaired) electrons. The number of likely N-dealkylation sites (tertiary alicyclic amines) is 1. The Labute approximate surface area is 115 Å². The van der Waals surface area contributed by atoms with E-state index in [2.05, 4.69) is 30.1 Å². The summed E-state index contributed by atoms with van der Waals surface area (Å²) in [4.78, 5) is 2.55. The van der Waals surface area contributed by atoms with Gasteiger partial charge in [-0.2, -0.15) is 0 Å². The van der Waals surface area contributed by atoms with Crippen molar-refractivity contribution in [2.45, 2.75) is 33.1 Å². The fourth-order valence-corrected chi connectivity index (χ4v) is 3.05. The second kappa shape index (κ2) is 6.44. The van der Waals surface area contributed by atoms with Gasteiger partial charge in [0.15, 0.2) is 0 Å². The Balaban J connectivity index is 1.79. The maximum atomic E-state index is 6.27. The van der Waals surface area contributed by atoms with Gasteiger partial charge in [-0.25, -0.2) is 0 Å². The van der Waals surface area contributed by atoms with E-state index >= 15 is 0 Å². The fourth-order valence-electron chi connectivity index (χ4n) is 2.66. The molecule has 1 aromatic carbocycles. The summed E-state index contributed by atoms with van der Waals surface area (Å²) in [5.74, 6) is 0. The average Bonchev–Trinajstić information content (AvgIpc) is 2.79. The first-order valence-corrected chi connectivity index (χ1v) is 7.27. The minimum absolute atomic E-state index is 0.841. The van der Waals surface area contributed by atoms with Crippen molar-refractivity contribution in [1.29, 1.82) is 0 Å². The number of aryl methyl sites for hydroxylation is 2. The highest BCUT2D eigenvalue weighted by Gasteiger charge is 2.10. The van der Waals surface area contributed by atoms with E-state index in [1.807, 2.05) is 6.07 Å². The predicted octanol–water partition coefficient (Wildman–Crippen LogP) is 3.85. The maximum absolute atomic E-state index is 6.27. The summed E-state index contributed by atoms with van der Waals surface area (Å²) in [5, 5.41) is 4.32. The number of hydrogen-bond acceptors (Lipinski definition) is 2. The van der Waals surface area contributed by atoms with Crippen molar-refractivity contribution in [3.05, 3.63) is 28.3 Å². The molecule has 0 atom stereocenters. The van der Waals surface area contributed by atoms with Gasteiger partial charge in [0.1, 0.15) is 0 Å². The van der Waals surface area contributed by atoms with E-state index in [1.165, 1.54) is 50.0 Å². The van der Waals surface area contributed by atoms with Crippen molar-refractivity contribution in [3.63, 3.8) is 0 Å². The van der Waals surface area contributed by atoms with E-state index in [0.717, 1.165) is 17.3 Å². The minimum atomic E-state index is 0.841. The molecule has 0 unspecified atom stereocenters. The van der Waals surface area contributed by atoms with Gasteiger partial charge in [0.25, 0.3) is 0 Å². The van der Waals surface area contributed by atoms with E-state index in [9.17, 15) is 0 Å². The van der Waals surface area contributed by atoms with Crippen LogP contribution in [0, 0.1) is 13.8 Å². The molecule has 2 nitrogen and oxygen atoms in total. The first kappa shape index (κ1) is 13.7. The summed E-state index contributed by atoms with van der Waals surface area (Å²) in [5.41, 5.74) is 3.56. The fraction of sp³-hybridized carbons (Fsp3) is 0.600. The second-order valence-corrected chi connectivity index (χ2v) is 5.67. The lowest BCUT2D eigenvalue weighted by Crippen LogP contribution is -2.22. The molecular weight excluding hydrogens is 244 g/mol. The summed E-state index contributed by atoms with van der Waals surface area (Å²) in [6.07, 6.45) is 3.93. The topological polar surface area (TPSA) is 15.3 Å². The third kappa shape index (κ3) is 3.63. The van der Waals surface area contributed by atoms with Crippen LogP contribution in [0.3, 0.4) is 0 Å². The van der Waals surface area contributed by atoms with Crippen molar-refractivity contribution in [3.8, 4) is 0 Å². The van der Waals surface area contributed by atoms with Gasteiger partial charge in [0.2, 0.25) is 0 Å². The SMILES string of the molecule is Cc1cc(C)c(NCCCN2CCCC2)c(Cl)c1. The van der Waals surface area contributed by atoms with E-state index in [0.29, 0.717) is 0 Å². The van der Waals surface area contributed by atoms with Crippen LogP contribution in [0.25, 0.3) is 0 Å². The van der Waals surface area contributed by atoms with E-state index < -0.39 is 0 Å². The molecule has 1 heterocycles. The molecule has 3 heteroatoms. The molecule has 0 aliphatic carbocycles. The number of hydrogen-bond donors (Lipinski definition) is 1. The van der Waals surface area contributed by atoms with Crippen molar-refractivity contribution < 1.29 is 0 Å². The smallest absolute Gasteiger partial charge is 0.0642 e. The number of benzene rings is 1. The van der Waals surface area contributed by atoms with Gasteiger partial charge in [-0.05, 0) is 69.9 Å². The first-order chi connectivity index (χ1) is 8.66. The Morgan fingerprint density at radius 3 is 2.61 bits per heavy atom. The Hall–Kier alpha value is -0.730. The van der Waals surface area contributed by atoms with E-state index in [4.69, 9.17) is 11.6 Å². The highest BCUT2D eigenvalue weighted by Crippen LogP contribution is 2.27. The summed E-state index contributed by atoms with van der Waals surface area (Å²) in [6, 6.07) is 4.20. The van der Waals surface area contributed by atoms with Gasteiger partial charge in [0.05, 0.1) is 10.7 Å². The lowest BCUT2D eigenvalue weighted by molar-refractivity contribution is 0.337. The highest BCUT2D eigenvalue weighted by molar-refractivity contribution is 6.33. The molecule has 1 aliphatic rings. The molecular formula is C15H23ClN2. The number of rotatable bonds is 5. The Kier molecular flexibility index (Phi) is 4.90. The molecule has 1 aliphatic heterocycles. The van der Waals surface area contributed by atoms with Crippen LogP contribution < -0.4 is 5.32 Å².